The lowest BCUT2D eigenvalue weighted by Gasteiger charge is -2.22. The van der Waals surface area contributed by atoms with Crippen LogP contribution in [0.15, 0.2) is 29.8 Å². The number of nitrogens with zero attached hydrogens (tertiary/aromatic N) is 3. The number of thiazole rings is 1. The number of likely N-dealkylation sites (tertiary alicyclic amines) is 1. The normalized spacial score (nSPS) is 19.0. The fraction of sp³-hybridized carbons (Fsp3) is 0.467. The van der Waals surface area contributed by atoms with Crippen LogP contribution in [-0.4, -0.2) is 41.7 Å². The average molecular weight is 304 g/mol. The Labute approximate surface area is 129 Å². The maximum Gasteiger partial charge on any atom is 0.188 e. The minimum Gasteiger partial charge on any atom is -0.383 e. The molecular formula is C15H20N4OS. The van der Waals surface area contributed by atoms with Crippen LogP contribution in [0.5, 0.6) is 0 Å². The molecule has 0 saturated carbocycles. The van der Waals surface area contributed by atoms with Crippen LogP contribution in [0.25, 0.3) is 0 Å². The van der Waals surface area contributed by atoms with Crippen LogP contribution >= 0.6 is 11.3 Å². The molecule has 1 atom stereocenters. The summed E-state index contributed by atoms with van der Waals surface area (Å²) in [5, 5.41) is 6.32. The van der Waals surface area contributed by atoms with Crippen molar-refractivity contribution in [3.8, 4) is 0 Å². The molecule has 0 unspecified atom stereocenters. The molecule has 0 spiro atoms. The third-order valence-electron chi connectivity index (χ3n) is 3.71. The number of ether oxygens (including phenoxy) is 1. The Morgan fingerprint density at radius 3 is 3.24 bits per heavy atom. The zero-order valence-corrected chi connectivity index (χ0v) is 13.0. The molecule has 3 rings (SSSR count). The molecule has 1 saturated heterocycles. The minimum absolute atomic E-state index is 0.427. The van der Waals surface area contributed by atoms with Gasteiger partial charge in [-0.3, -0.25) is 4.90 Å². The van der Waals surface area contributed by atoms with Gasteiger partial charge < -0.3 is 10.1 Å². The minimum atomic E-state index is 0.427. The molecule has 0 bridgehead atoms. The second-order valence-corrected chi connectivity index (χ2v) is 5.96. The Bertz CT molecular complexity index is 560. The number of aromatic nitrogens is 2. The molecular weight excluding hydrogens is 284 g/mol. The largest absolute Gasteiger partial charge is 0.383 e. The van der Waals surface area contributed by atoms with Gasteiger partial charge in [-0.2, -0.15) is 0 Å². The Morgan fingerprint density at radius 2 is 2.43 bits per heavy atom. The van der Waals surface area contributed by atoms with E-state index in [1.54, 1.807) is 24.6 Å². The van der Waals surface area contributed by atoms with E-state index in [0.717, 1.165) is 36.3 Å². The van der Waals surface area contributed by atoms with Crippen molar-refractivity contribution in [2.75, 3.05) is 32.1 Å². The molecule has 6 heteroatoms. The van der Waals surface area contributed by atoms with Crippen molar-refractivity contribution in [1.82, 2.24) is 14.9 Å². The van der Waals surface area contributed by atoms with Crippen LogP contribution in [0.2, 0.25) is 0 Å². The third kappa shape index (κ3) is 3.58. The highest BCUT2D eigenvalue weighted by Gasteiger charge is 2.27. The van der Waals surface area contributed by atoms with Crippen LogP contribution in [-0.2, 0) is 4.74 Å². The van der Waals surface area contributed by atoms with Crippen LogP contribution in [0.4, 0.5) is 10.9 Å². The molecule has 5 nitrogen and oxygen atoms in total. The van der Waals surface area contributed by atoms with Gasteiger partial charge in [-0.1, -0.05) is 6.07 Å². The molecule has 1 aliphatic rings. The van der Waals surface area contributed by atoms with Crippen molar-refractivity contribution in [1.29, 1.82) is 0 Å². The van der Waals surface area contributed by atoms with E-state index in [2.05, 4.69) is 20.6 Å². The summed E-state index contributed by atoms with van der Waals surface area (Å²) in [5.41, 5.74) is 1.16. The van der Waals surface area contributed by atoms with Gasteiger partial charge in [0.2, 0.25) is 0 Å². The zero-order valence-electron chi connectivity index (χ0n) is 12.2. The third-order valence-corrected chi connectivity index (χ3v) is 4.49. The van der Waals surface area contributed by atoms with E-state index in [0.29, 0.717) is 6.04 Å². The topological polar surface area (TPSA) is 50.3 Å². The summed E-state index contributed by atoms with van der Waals surface area (Å²) in [6.07, 6.45) is 4.19. The Kier molecular flexibility index (Phi) is 4.80. The fourth-order valence-corrected chi connectivity index (χ4v) is 3.44. The van der Waals surface area contributed by atoms with Gasteiger partial charge in [0.1, 0.15) is 5.82 Å². The van der Waals surface area contributed by atoms with Crippen LogP contribution in [0.3, 0.4) is 0 Å². The zero-order chi connectivity index (χ0) is 14.5. The Hall–Kier alpha value is -1.50. The molecule has 1 aliphatic heterocycles. The van der Waals surface area contributed by atoms with E-state index in [9.17, 15) is 0 Å². The summed E-state index contributed by atoms with van der Waals surface area (Å²) in [6.45, 7) is 2.88. The molecule has 1 N–H and O–H groups in total. The summed E-state index contributed by atoms with van der Waals surface area (Å²) in [6, 6.07) is 6.25. The van der Waals surface area contributed by atoms with Gasteiger partial charge in [0, 0.05) is 25.2 Å². The lowest BCUT2D eigenvalue weighted by Crippen LogP contribution is -2.27. The Balaban J connectivity index is 1.66. The first-order valence-corrected chi connectivity index (χ1v) is 8.11. The first-order valence-electron chi connectivity index (χ1n) is 7.23. The quantitative estimate of drug-likeness (QED) is 0.889. The van der Waals surface area contributed by atoms with Crippen molar-refractivity contribution in [3.63, 3.8) is 0 Å². The molecule has 112 valence electrons. The van der Waals surface area contributed by atoms with Gasteiger partial charge in [-0.05, 0) is 31.5 Å². The van der Waals surface area contributed by atoms with Crippen molar-refractivity contribution in [2.45, 2.75) is 18.9 Å². The van der Waals surface area contributed by atoms with Crippen molar-refractivity contribution in [3.05, 3.63) is 35.5 Å². The fourth-order valence-electron chi connectivity index (χ4n) is 2.68. The van der Waals surface area contributed by atoms with E-state index >= 15 is 0 Å². The highest BCUT2D eigenvalue weighted by Crippen LogP contribution is 2.33. The molecule has 3 heterocycles. The summed E-state index contributed by atoms with van der Waals surface area (Å²) >= 11 is 1.64. The van der Waals surface area contributed by atoms with Gasteiger partial charge in [0.25, 0.3) is 0 Å². The Morgan fingerprint density at radius 1 is 1.48 bits per heavy atom. The molecule has 2 aromatic heterocycles. The lowest BCUT2D eigenvalue weighted by molar-refractivity contribution is 0.140. The molecule has 0 aromatic carbocycles. The molecule has 21 heavy (non-hydrogen) atoms. The summed E-state index contributed by atoms with van der Waals surface area (Å²) in [7, 11) is 1.75. The monoisotopic (exact) mass is 304 g/mol. The van der Waals surface area contributed by atoms with Crippen molar-refractivity contribution >= 4 is 22.3 Å². The lowest BCUT2D eigenvalue weighted by atomic mass is 10.2. The highest BCUT2D eigenvalue weighted by atomic mass is 32.1. The molecule has 0 amide bonds. The predicted octanol–water partition coefficient (Wildman–Crippen LogP) is 3.07. The number of anilines is 2. The first-order chi connectivity index (χ1) is 10.4. The number of hydrogen-bond donors (Lipinski definition) is 1. The summed E-state index contributed by atoms with van der Waals surface area (Å²) in [4.78, 5) is 11.5. The van der Waals surface area contributed by atoms with Crippen LogP contribution in [0, 0.1) is 0 Å². The SMILES string of the molecule is COCCN1CCC[C@H]1c1csc(Nc2ccccn2)n1. The van der Waals surface area contributed by atoms with Gasteiger partial charge >= 0.3 is 0 Å². The predicted molar refractivity (Wildman–Crippen MR) is 85.1 cm³/mol. The number of methoxy groups -OCH3 is 1. The highest BCUT2D eigenvalue weighted by molar-refractivity contribution is 7.13. The van der Waals surface area contributed by atoms with E-state index in [-0.39, 0.29) is 0 Å². The van der Waals surface area contributed by atoms with E-state index < -0.39 is 0 Å². The smallest absolute Gasteiger partial charge is 0.188 e. The van der Waals surface area contributed by atoms with Crippen LogP contribution in [0.1, 0.15) is 24.6 Å². The van der Waals surface area contributed by atoms with E-state index in [1.165, 1.54) is 12.8 Å². The summed E-state index contributed by atoms with van der Waals surface area (Å²) < 4.78 is 5.19. The van der Waals surface area contributed by atoms with Crippen molar-refractivity contribution in [2.24, 2.45) is 0 Å². The summed E-state index contributed by atoms with van der Waals surface area (Å²) in [5.74, 6) is 0.834. The number of nitrogens with one attached hydrogen (secondary N) is 1. The van der Waals surface area contributed by atoms with Crippen molar-refractivity contribution < 1.29 is 4.74 Å². The molecule has 0 aliphatic carbocycles. The van der Waals surface area contributed by atoms with Crippen LogP contribution < -0.4 is 5.32 Å². The number of rotatable bonds is 6. The first kappa shape index (κ1) is 14.4. The average Bonchev–Trinajstić information content (AvgIpc) is 3.15. The maximum atomic E-state index is 5.19. The second-order valence-electron chi connectivity index (χ2n) is 5.10. The molecule has 2 aromatic rings. The molecule has 0 radical (unpaired) electrons. The van der Waals surface area contributed by atoms with Gasteiger partial charge in [-0.15, -0.1) is 11.3 Å². The number of pyridine rings is 1. The van der Waals surface area contributed by atoms with Gasteiger partial charge in [0.15, 0.2) is 5.13 Å². The van der Waals surface area contributed by atoms with Gasteiger partial charge in [0.05, 0.1) is 18.3 Å². The second kappa shape index (κ2) is 6.98. The van der Waals surface area contributed by atoms with E-state index in [1.807, 2.05) is 18.2 Å². The maximum absolute atomic E-state index is 5.19. The van der Waals surface area contributed by atoms with Gasteiger partial charge in [-0.25, -0.2) is 9.97 Å². The number of hydrogen-bond acceptors (Lipinski definition) is 6. The standard InChI is InChI=1S/C15H20N4OS/c1-20-10-9-19-8-4-5-13(19)12-11-21-15(17-12)18-14-6-2-3-7-16-14/h2-3,6-7,11,13H,4-5,8-10H2,1H3,(H,16,17,18)/t13-/m0/s1. The molecule has 1 fully saturated rings. The van der Waals surface area contributed by atoms with E-state index in [4.69, 9.17) is 9.72 Å².